The lowest BCUT2D eigenvalue weighted by molar-refractivity contribution is 0.627. The molecule has 0 aliphatic rings. The number of hydrogen-bond acceptors (Lipinski definition) is 4. The van der Waals surface area contributed by atoms with E-state index in [0.29, 0.717) is 0 Å². The molecule has 0 aliphatic heterocycles. The average molecular weight is 1430 g/mol. The molecule has 512 valence electrons. The third-order valence-electron chi connectivity index (χ3n) is 20.9. The molecule has 0 saturated carbocycles. The number of benzene rings is 18. The standard InChI is InChI=1S/C58H38N2S2.C42H24F4/c1-35-21-31-47-49(33-35)61-57(59-47)41-27-23-39(24-28-41)53-45-19-11-12-20-46(45)54(40-25-29-42(30-26-40)58-60-48-32-22-36(2)34-50(48)62-58)56-52(38-15-7-4-8-16-38)44-18-10-9-17-43(44)51(55(53)56)37-13-5-3-6-14-37;43-29-17-9-25(10-18-29)37-33-5-1-2-6-34(33)38(26-11-19-30(44)20-12-26)42-40(28-15-23-32(46)24-16-28)36-8-4-3-7-35(36)39(41(37)42)27-13-21-31(45)22-14-27/h3-34H,1-2H3;1-24H. The fraction of sp³-hybridized carbons (Fsp3) is 0.0200. The highest BCUT2D eigenvalue weighted by atomic mass is 32.1. The minimum absolute atomic E-state index is 0.350. The molecule has 0 bridgehead atoms. The molecule has 0 N–H and O–H groups in total. The largest absolute Gasteiger partial charge is 0.236 e. The molecule has 2 nitrogen and oxygen atoms in total. The molecule has 8 heteroatoms. The Morgan fingerprint density at radius 3 is 0.630 bits per heavy atom. The van der Waals surface area contributed by atoms with E-state index >= 15 is 0 Å². The van der Waals surface area contributed by atoms with Crippen molar-refractivity contribution in [2.24, 2.45) is 0 Å². The smallest absolute Gasteiger partial charge is 0.124 e. The first kappa shape index (κ1) is 65.8. The maximum Gasteiger partial charge on any atom is 0.124 e. The van der Waals surface area contributed by atoms with E-state index in [2.05, 4.69) is 208 Å². The summed E-state index contributed by atoms with van der Waals surface area (Å²) in [4.78, 5) is 10.1. The molecule has 108 heavy (non-hydrogen) atoms. The second kappa shape index (κ2) is 27.2. The Hall–Kier alpha value is -13.0. The van der Waals surface area contributed by atoms with Gasteiger partial charge in [0.05, 0.1) is 20.4 Å². The van der Waals surface area contributed by atoms with Crippen LogP contribution in [0.3, 0.4) is 0 Å². The average Bonchev–Trinajstić information content (AvgIpc) is 0.791. The van der Waals surface area contributed by atoms with Gasteiger partial charge >= 0.3 is 0 Å². The van der Waals surface area contributed by atoms with Crippen LogP contribution in [0.25, 0.3) is 195 Å². The molecule has 2 aromatic heterocycles. The van der Waals surface area contributed by atoms with Crippen molar-refractivity contribution in [1.82, 2.24) is 9.97 Å². The van der Waals surface area contributed by atoms with E-state index in [1.807, 2.05) is 48.5 Å². The van der Waals surface area contributed by atoms with E-state index in [1.54, 1.807) is 71.2 Å². The third-order valence-corrected chi connectivity index (χ3v) is 23.1. The van der Waals surface area contributed by atoms with Crippen LogP contribution in [0.5, 0.6) is 0 Å². The van der Waals surface area contributed by atoms with Crippen molar-refractivity contribution in [3.8, 4) is 110 Å². The van der Waals surface area contributed by atoms with E-state index in [1.165, 1.54) is 146 Å². The highest BCUT2D eigenvalue weighted by Crippen LogP contribution is 2.57. The summed E-state index contributed by atoms with van der Waals surface area (Å²) < 4.78 is 59.9. The molecule has 0 unspecified atom stereocenters. The molecular weight excluding hydrogens is 1370 g/mol. The third kappa shape index (κ3) is 11.6. The van der Waals surface area contributed by atoms with E-state index in [0.717, 1.165) is 109 Å². The van der Waals surface area contributed by atoms with Gasteiger partial charge in [0.25, 0.3) is 0 Å². The van der Waals surface area contributed by atoms with Gasteiger partial charge in [-0.2, -0.15) is 0 Å². The molecule has 20 rings (SSSR count). The van der Waals surface area contributed by atoms with Crippen molar-refractivity contribution >= 4 is 108 Å². The van der Waals surface area contributed by atoms with Crippen LogP contribution in [0.2, 0.25) is 0 Å². The van der Waals surface area contributed by atoms with Gasteiger partial charge in [-0.1, -0.05) is 267 Å². The predicted octanol–water partition coefficient (Wildman–Crippen LogP) is 29.4. The zero-order valence-electron chi connectivity index (χ0n) is 58.6. The van der Waals surface area contributed by atoms with E-state index in [4.69, 9.17) is 9.97 Å². The van der Waals surface area contributed by atoms with Gasteiger partial charge in [0.1, 0.15) is 33.3 Å². The number of rotatable bonds is 10. The van der Waals surface area contributed by atoms with Crippen LogP contribution in [0.4, 0.5) is 17.6 Å². The molecule has 18 aromatic carbocycles. The molecule has 0 radical (unpaired) electrons. The van der Waals surface area contributed by atoms with Crippen LogP contribution in [0.1, 0.15) is 11.1 Å². The first-order valence-electron chi connectivity index (χ1n) is 36.0. The Labute approximate surface area is 629 Å². The number of nitrogens with zero attached hydrogens (tertiary/aromatic N) is 2. The monoisotopic (exact) mass is 1430 g/mol. The van der Waals surface area contributed by atoms with Crippen LogP contribution >= 0.6 is 22.7 Å². The number of aryl methyl sites for hydroxylation is 2. The Bertz CT molecular complexity index is 6330. The Kier molecular flexibility index (Phi) is 16.5. The van der Waals surface area contributed by atoms with Crippen LogP contribution in [0, 0.1) is 37.1 Å². The topological polar surface area (TPSA) is 25.8 Å². The van der Waals surface area contributed by atoms with Crippen molar-refractivity contribution in [2.45, 2.75) is 13.8 Å². The molecule has 0 spiro atoms. The molecule has 2 heterocycles. The summed E-state index contributed by atoms with van der Waals surface area (Å²) >= 11 is 3.52. The lowest BCUT2D eigenvalue weighted by Crippen LogP contribution is -1.98. The molecular formula is C100H62F4N2S2. The van der Waals surface area contributed by atoms with Crippen molar-refractivity contribution in [2.75, 3.05) is 0 Å². The highest BCUT2D eigenvalue weighted by Gasteiger charge is 2.29. The van der Waals surface area contributed by atoms with E-state index in [-0.39, 0.29) is 23.3 Å². The van der Waals surface area contributed by atoms with Gasteiger partial charge in [-0.25, -0.2) is 27.5 Å². The Morgan fingerprint density at radius 1 is 0.204 bits per heavy atom. The summed E-state index contributed by atoms with van der Waals surface area (Å²) in [7, 11) is 0. The van der Waals surface area contributed by atoms with E-state index in [9.17, 15) is 17.6 Å². The quantitative estimate of drug-likeness (QED) is 0.101. The summed E-state index contributed by atoms with van der Waals surface area (Å²) in [6.45, 7) is 4.28. The summed E-state index contributed by atoms with van der Waals surface area (Å²) in [5.41, 5.74) is 23.2. The molecule has 0 fully saturated rings. The normalized spacial score (nSPS) is 11.6. The number of thiazole rings is 2. The van der Waals surface area contributed by atoms with Gasteiger partial charge in [0, 0.05) is 11.1 Å². The van der Waals surface area contributed by atoms with Crippen molar-refractivity contribution in [3.63, 3.8) is 0 Å². The van der Waals surface area contributed by atoms with Gasteiger partial charge in [-0.3, -0.25) is 0 Å². The maximum absolute atomic E-state index is 14.4. The number of hydrogen-bond donors (Lipinski definition) is 0. The molecule has 0 atom stereocenters. The molecule has 0 aliphatic carbocycles. The van der Waals surface area contributed by atoms with Gasteiger partial charge in [0.15, 0.2) is 0 Å². The predicted molar refractivity (Wildman–Crippen MR) is 448 cm³/mol. The zero-order chi connectivity index (χ0) is 72.7. The zero-order valence-corrected chi connectivity index (χ0v) is 60.2. The summed E-state index contributed by atoms with van der Waals surface area (Å²) in [5, 5.41) is 14.9. The van der Waals surface area contributed by atoms with Crippen LogP contribution in [-0.2, 0) is 0 Å². The van der Waals surface area contributed by atoms with Gasteiger partial charge in [0.2, 0.25) is 0 Å². The SMILES string of the molecule is Cc1ccc2nc(-c3ccc(-c4c5ccccc5c(-c5ccc(-c6nc7ccc(C)cc7s6)cc5)c5c(-c6ccccc6)c6ccccc6c(-c6ccccc6)c45)cc3)sc2c1.Fc1ccc(-c2c3ccccc3c(-c3ccc(F)cc3)c3c(-c4ccc(F)cc4)c4ccccc4c(-c4ccc(F)cc4)c23)cc1. The lowest BCUT2D eigenvalue weighted by atomic mass is 9.77. The second-order valence-electron chi connectivity index (χ2n) is 27.6. The molecule has 20 aromatic rings. The first-order chi connectivity index (χ1) is 53.0. The Morgan fingerprint density at radius 2 is 0.398 bits per heavy atom. The van der Waals surface area contributed by atoms with E-state index < -0.39 is 0 Å². The first-order valence-corrected chi connectivity index (χ1v) is 37.6. The number of fused-ring (bicyclic) bond motifs is 8. The minimum atomic E-state index is -0.350. The minimum Gasteiger partial charge on any atom is -0.236 e. The maximum atomic E-state index is 14.4. The summed E-state index contributed by atoms with van der Waals surface area (Å²) in [5.74, 6) is -1.40. The Balaban J connectivity index is 0.000000154. The summed E-state index contributed by atoms with van der Waals surface area (Å²) in [6, 6.07) is 113. The molecule has 0 amide bonds. The highest BCUT2D eigenvalue weighted by molar-refractivity contribution is 7.22. The van der Waals surface area contributed by atoms with Crippen LogP contribution < -0.4 is 0 Å². The van der Waals surface area contributed by atoms with Crippen molar-refractivity contribution < 1.29 is 17.6 Å². The van der Waals surface area contributed by atoms with Crippen molar-refractivity contribution in [1.29, 1.82) is 0 Å². The van der Waals surface area contributed by atoms with Crippen LogP contribution in [0.15, 0.2) is 340 Å². The number of aromatic nitrogens is 2. The second-order valence-corrected chi connectivity index (χ2v) is 29.6. The lowest BCUT2D eigenvalue weighted by Gasteiger charge is -2.25. The van der Waals surface area contributed by atoms with Gasteiger partial charge in [-0.05, 0) is 251 Å². The fourth-order valence-electron chi connectivity index (χ4n) is 16.2. The van der Waals surface area contributed by atoms with Gasteiger partial charge < -0.3 is 0 Å². The fourth-order valence-corrected chi connectivity index (χ4v) is 18.3. The van der Waals surface area contributed by atoms with Crippen molar-refractivity contribution in [3.05, 3.63) is 374 Å². The summed E-state index contributed by atoms with van der Waals surface area (Å²) in [6.07, 6.45) is 0. The van der Waals surface area contributed by atoms with Crippen LogP contribution in [-0.4, -0.2) is 9.97 Å². The number of halogens is 4. The van der Waals surface area contributed by atoms with Gasteiger partial charge in [-0.15, -0.1) is 22.7 Å². The molecule has 0 saturated heterocycles.